The van der Waals surface area contributed by atoms with Crippen LogP contribution in [-0.4, -0.2) is 13.1 Å². The van der Waals surface area contributed by atoms with Crippen LogP contribution in [0.4, 0.5) is 13.2 Å². The lowest BCUT2D eigenvalue weighted by Crippen LogP contribution is -2.42. The first-order valence-electron chi connectivity index (χ1n) is 4.74. The van der Waals surface area contributed by atoms with Gasteiger partial charge in [0.15, 0.2) is 0 Å². The van der Waals surface area contributed by atoms with E-state index in [9.17, 15) is 18.0 Å². The maximum atomic E-state index is 12.5. The summed E-state index contributed by atoms with van der Waals surface area (Å²) >= 11 is 0. The summed E-state index contributed by atoms with van der Waals surface area (Å²) < 4.78 is 41.9. The van der Waals surface area contributed by atoms with Gasteiger partial charge in [-0.1, -0.05) is 12.1 Å². The van der Waals surface area contributed by atoms with Crippen LogP contribution in [-0.2, 0) is 21.2 Å². The lowest BCUT2D eigenvalue weighted by atomic mass is 9.92. The monoisotopic (exact) mass is 247 g/mol. The van der Waals surface area contributed by atoms with Crippen molar-refractivity contribution in [1.82, 2.24) is 0 Å². The largest absolute Gasteiger partial charge is 0.467 e. The Labute approximate surface area is 96.4 Å². The minimum atomic E-state index is -4.47. The quantitative estimate of drug-likeness (QED) is 0.814. The minimum Gasteiger partial charge on any atom is -0.467 e. The molecule has 1 unspecified atom stereocenters. The van der Waals surface area contributed by atoms with Crippen molar-refractivity contribution in [2.75, 3.05) is 7.11 Å². The Morgan fingerprint density at radius 1 is 1.29 bits per heavy atom. The van der Waals surface area contributed by atoms with Crippen LogP contribution < -0.4 is 5.73 Å². The molecule has 1 aromatic carbocycles. The molecule has 0 aliphatic carbocycles. The Hall–Kier alpha value is -1.56. The van der Waals surface area contributed by atoms with E-state index in [1.54, 1.807) is 0 Å². The van der Waals surface area contributed by atoms with E-state index >= 15 is 0 Å². The van der Waals surface area contributed by atoms with E-state index in [0.717, 1.165) is 19.2 Å². The first-order chi connectivity index (χ1) is 7.69. The number of rotatable bonds is 2. The number of carbonyl (C=O) groups is 1. The summed E-state index contributed by atoms with van der Waals surface area (Å²) in [6.07, 6.45) is -4.47. The van der Waals surface area contributed by atoms with Crippen molar-refractivity contribution in [1.29, 1.82) is 0 Å². The highest BCUT2D eigenvalue weighted by Crippen LogP contribution is 2.31. The highest BCUT2D eigenvalue weighted by molar-refractivity contribution is 5.81. The number of methoxy groups -OCH3 is 1. The zero-order valence-corrected chi connectivity index (χ0v) is 9.34. The average molecular weight is 247 g/mol. The number of alkyl halides is 3. The molecule has 1 atom stereocenters. The zero-order valence-electron chi connectivity index (χ0n) is 9.34. The SMILES string of the molecule is COC(=O)C(C)(N)c1cccc(C(F)(F)F)c1. The molecule has 3 nitrogen and oxygen atoms in total. The van der Waals surface area contributed by atoms with Crippen molar-refractivity contribution in [3.63, 3.8) is 0 Å². The molecule has 0 aromatic heterocycles. The van der Waals surface area contributed by atoms with E-state index in [0.29, 0.717) is 0 Å². The standard InChI is InChI=1S/C11H12F3NO2/c1-10(15,9(16)17-2)7-4-3-5-8(6-7)11(12,13)14/h3-6H,15H2,1-2H3. The van der Waals surface area contributed by atoms with Crippen molar-refractivity contribution >= 4 is 5.97 Å². The summed E-state index contributed by atoms with van der Waals surface area (Å²) in [5.74, 6) is -0.795. The fraction of sp³-hybridized carbons (Fsp3) is 0.364. The molecule has 94 valence electrons. The van der Waals surface area contributed by atoms with Gasteiger partial charge in [0.1, 0.15) is 5.54 Å². The summed E-state index contributed by atoms with van der Waals surface area (Å²) in [4.78, 5) is 11.4. The van der Waals surface area contributed by atoms with Gasteiger partial charge in [0.2, 0.25) is 0 Å². The lowest BCUT2D eigenvalue weighted by Gasteiger charge is -2.22. The third-order valence-electron chi connectivity index (χ3n) is 2.40. The average Bonchev–Trinajstić information content (AvgIpc) is 2.27. The van der Waals surface area contributed by atoms with Gasteiger partial charge in [0.25, 0.3) is 0 Å². The van der Waals surface area contributed by atoms with E-state index in [4.69, 9.17) is 5.73 Å². The molecule has 0 aliphatic heterocycles. The lowest BCUT2D eigenvalue weighted by molar-refractivity contribution is -0.147. The summed E-state index contributed by atoms with van der Waals surface area (Å²) in [7, 11) is 1.13. The topological polar surface area (TPSA) is 52.3 Å². The van der Waals surface area contributed by atoms with Crippen LogP contribution in [0.1, 0.15) is 18.1 Å². The van der Waals surface area contributed by atoms with Crippen LogP contribution in [0, 0.1) is 0 Å². The normalized spacial score (nSPS) is 15.2. The number of nitrogens with two attached hydrogens (primary N) is 1. The molecular weight excluding hydrogens is 235 g/mol. The second kappa shape index (κ2) is 4.37. The number of carbonyl (C=O) groups excluding carboxylic acids is 1. The van der Waals surface area contributed by atoms with Gasteiger partial charge in [-0.15, -0.1) is 0 Å². The number of hydrogen-bond acceptors (Lipinski definition) is 3. The van der Waals surface area contributed by atoms with Crippen LogP contribution in [0.2, 0.25) is 0 Å². The van der Waals surface area contributed by atoms with Crippen LogP contribution >= 0.6 is 0 Å². The molecule has 2 N–H and O–H groups in total. The Morgan fingerprint density at radius 3 is 2.29 bits per heavy atom. The molecule has 0 fully saturated rings. The van der Waals surface area contributed by atoms with Gasteiger partial charge >= 0.3 is 12.1 Å². The molecule has 0 saturated carbocycles. The van der Waals surface area contributed by atoms with Gasteiger partial charge < -0.3 is 10.5 Å². The maximum absolute atomic E-state index is 12.5. The van der Waals surface area contributed by atoms with E-state index in [1.807, 2.05) is 0 Å². The summed E-state index contributed by atoms with van der Waals surface area (Å²) in [6, 6.07) is 4.31. The predicted octanol–water partition coefficient (Wildman–Crippen LogP) is 2.05. The molecule has 0 aliphatic rings. The summed E-state index contributed by atoms with van der Waals surface area (Å²) in [5.41, 5.74) is 3.26. The molecule has 6 heteroatoms. The Balaban J connectivity index is 3.20. The molecule has 17 heavy (non-hydrogen) atoms. The highest BCUT2D eigenvalue weighted by atomic mass is 19.4. The van der Waals surface area contributed by atoms with E-state index in [1.165, 1.54) is 19.1 Å². The van der Waals surface area contributed by atoms with Crippen molar-refractivity contribution < 1.29 is 22.7 Å². The molecule has 1 aromatic rings. The van der Waals surface area contributed by atoms with E-state index in [-0.39, 0.29) is 5.56 Å². The fourth-order valence-electron chi connectivity index (χ4n) is 1.35. The summed E-state index contributed by atoms with van der Waals surface area (Å²) in [6.45, 7) is 1.30. The molecule has 1 rings (SSSR count). The first-order valence-corrected chi connectivity index (χ1v) is 4.74. The van der Waals surface area contributed by atoms with Gasteiger partial charge in [-0.05, 0) is 24.6 Å². The van der Waals surface area contributed by atoms with Crippen molar-refractivity contribution in [3.8, 4) is 0 Å². The van der Waals surface area contributed by atoms with Crippen LogP contribution in [0.25, 0.3) is 0 Å². The smallest absolute Gasteiger partial charge is 0.416 e. The zero-order chi connectivity index (χ0) is 13.3. The molecule has 0 amide bonds. The number of benzene rings is 1. The number of halogens is 3. The Morgan fingerprint density at radius 2 is 1.82 bits per heavy atom. The van der Waals surface area contributed by atoms with Crippen LogP contribution in [0.5, 0.6) is 0 Å². The van der Waals surface area contributed by atoms with Gasteiger partial charge in [-0.25, -0.2) is 4.79 Å². The molecule has 0 spiro atoms. The third kappa shape index (κ3) is 2.76. The number of hydrogen-bond donors (Lipinski definition) is 1. The maximum Gasteiger partial charge on any atom is 0.416 e. The Kier molecular flexibility index (Phi) is 3.47. The summed E-state index contributed by atoms with van der Waals surface area (Å²) in [5, 5.41) is 0. The fourth-order valence-corrected chi connectivity index (χ4v) is 1.35. The van der Waals surface area contributed by atoms with E-state index in [2.05, 4.69) is 4.74 Å². The second-order valence-electron chi connectivity index (χ2n) is 3.77. The molecule has 0 saturated heterocycles. The van der Waals surface area contributed by atoms with Gasteiger partial charge in [-0.3, -0.25) is 0 Å². The molecule has 0 radical (unpaired) electrons. The van der Waals surface area contributed by atoms with Crippen LogP contribution in [0.15, 0.2) is 24.3 Å². The number of esters is 1. The van der Waals surface area contributed by atoms with Gasteiger partial charge in [0.05, 0.1) is 12.7 Å². The first kappa shape index (κ1) is 13.5. The third-order valence-corrected chi connectivity index (χ3v) is 2.40. The van der Waals surface area contributed by atoms with E-state index < -0.39 is 23.2 Å². The highest BCUT2D eigenvalue weighted by Gasteiger charge is 2.35. The van der Waals surface area contributed by atoms with Crippen LogP contribution in [0.3, 0.4) is 0 Å². The predicted molar refractivity (Wildman–Crippen MR) is 55.0 cm³/mol. The molecule has 0 heterocycles. The van der Waals surface area contributed by atoms with Gasteiger partial charge in [0, 0.05) is 0 Å². The molecular formula is C11H12F3NO2. The van der Waals surface area contributed by atoms with Crippen molar-refractivity contribution in [2.24, 2.45) is 5.73 Å². The minimum absolute atomic E-state index is 0.0548. The van der Waals surface area contributed by atoms with Crippen molar-refractivity contribution in [2.45, 2.75) is 18.6 Å². The molecule has 0 bridgehead atoms. The van der Waals surface area contributed by atoms with Gasteiger partial charge in [-0.2, -0.15) is 13.2 Å². The van der Waals surface area contributed by atoms with Crippen molar-refractivity contribution in [3.05, 3.63) is 35.4 Å². The Bertz CT molecular complexity index is 427. The second-order valence-corrected chi connectivity index (χ2v) is 3.77. The number of ether oxygens (including phenoxy) is 1.